The standard InChI is InChI=1S/C52H20F24N4.Cu/c53-45(54,55)29-31(47(59,60)61)39-26(22-15-7-2-8-16-22)41-33(49(65,66)67)35(51(71,72)73)43(79-41)28(24-19-11-4-12-20-24)44-36(52(74,75)76)34(50(68,69)70)42(80-44)27(23-17-9-3-10-18-23)40-32(48(62,63)64)30(46(56,57)58)38(78-40)25(37(29)77-39)21-13-5-1-6-14-21;/h1-20H;/q-2;+2. The molecule has 4 nitrogen and oxygen atoms in total. The van der Waals surface area contributed by atoms with E-state index >= 15 is 105 Å². The quantitative estimate of drug-likeness (QED) is 0.130. The van der Waals surface area contributed by atoms with E-state index in [1.165, 1.54) is 0 Å². The van der Waals surface area contributed by atoms with E-state index in [1.54, 1.807) is 0 Å². The molecule has 8 bridgehead atoms. The van der Waals surface area contributed by atoms with E-state index in [-0.39, 0.29) is 17.1 Å². The molecule has 0 atom stereocenters. The van der Waals surface area contributed by atoms with Crippen LogP contribution in [0.1, 0.15) is 45.0 Å². The average molecular weight is 1220 g/mol. The third-order valence-electron chi connectivity index (χ3n) is 12.2. The number of fused-ring (bicyclic) bond motifs is 8. The summed E-state index contributed by atoms with van der Waals surface area (Å²) in [6, 6.07) is 12.9. The van der Waals surface area contributed by atoms with Crippen LogP contribution >= 0.6 is 0 Å². The van der Waals surface area contributed by atoms with Crippen LogP contribution < -0.4 is 9.97 Å². The zero-order valence-corrected chi connectivity index (χ0v) is 39.7. The maximum Gasteiger partial charge on any atom is 2.00 e. The summed E-state index contributed by atoms with van der Waals surface area (Å²) in [5.41, 5.74) is -61.2. The first-order valence-electron chi connectivity index (χ1n) is 22.0. The van der Waals surface area contributed by atoms with Crippen molar-refractivity contribution in [2.24, 2.45) is 0 Å². The van der Waals surface area contributed by atoms with E-state index < -0.39 is 183 Å². The summed E-state index contributed by atoms with van der Waals surface area (Å²) in [4.78, 5) is 13.3. The summed E-state index contributed by atoms with van der Waals surface area (Å²) in [7, 11) is 0. The number of rotatable bonds is 4. The number of aromatic nitrogens is 4. The zero-order chi connectivity index (χ0) is 58.8. The summed E-state index contributed by atoms with van der Waals surface area (Å²) in [6.07, 6.45) is -53.8. The summed E-state index contributed by atoms with van der Waals surface area (Å²) in [5, 5.41) is 0. The predicted molar refractivity (Wildman–Crippen MR) is 239 cm³/mol. The molecule has 7 aromatic rings. The molecule has 4 aromatic carbocycles. The molecular weight excluding hydrogens is 1200 g/mol. The van der Waals surface area contributed by atoms with Gasteiger partial charge in [-0.15, -0.1) is 22.1 Å². The van der Waals surface area contributed by atoms with Gasteiger partial charge in [0.2, 0.25) is 0 Å². The number of halogens is 24. The number of hydrogen-bond donors (Lipinski definition) is 0. The van der Waals surface area contributed by atoms with Gasteiger partial charge in [-0.25, -0.2) is 9.97 Å². The Balaban J connectivity index is 0.00000860. The van der Waals surface area contributed by atoms with Crippen molar-refractivity contribution in [2.45, 2.75) is 49.4 Å². The minimum absolute atomic E-state index is 0. The minimum Gasteiger partial charge on any atom is -0.656 e. The monoisotopic (exact) mass is 1220 g/mol. The largest absolute Gasteiger partial charge is 2.00 e. The zero-order valence-electron chi connectivity index (χ0n) is 38.7. The van der Waals surface area contributed by atoms with Gasteiger partial charge in [0.05, 0.1) is 67.3 Å². The Morgan fingerprint density at radius 2 is 0.395 bits per heavy atom. The third kappa shape index (κ3) is 10.5. The van der Waals surface area contributed by atoms with Gasteiger partial charge in [-0.3, -0.25) is 0 Å². The van der Waals surface area contributed by atoms with E-state index in [4.69, 9.17) is 0 Å². The van der Waals surface area contributed by atoms with Crippen LogP contribution in [-0.2, 0) is 41.8 Å². The van der Waals surface area contributed by atoms with Crippen LogP contribution in [0.4, 0.5) is 105 Å². The number of allylic oxidation sites excluding steroid dienone is 4. The van der Waals surface area contributed by atoms with Crippen molar-refractivity contribution < 1.29 is 122 Å². The molecule has 0 unspecified atom stereocenters. The first-order valence-corrected chi connectivity index (χ1v) is 22.0. The number of hydrogen-bond acceptors (Lipinski definition) is 2. The predicted octanol–water partition coefficient (Wildman–Crippen LogP) is 18.4. The van der Waals surface area contributed by atoms with Gasteiger partial charge in [-0.2, -0.15) is 105 Å². The molecule has 1 radical (unpaired) electrons. The van der Waals surface area contributed by atoms with Gasteiger partial charge in [0.1, 0.15) is 0 Å². The van der Waals surface area contributed by atoms with Crippen molar-refractivity contribution in [1.29, 1.82) is 0 Å². The van der Waals surface area contributed by atoms with Crippen LogP contribution in [0, 0.1) is 0 Å². The van der Waals surface area contributed by atoms with Gasteiger partial charge >= 0.3 is 66.5 Å². The van der Waals surface area contributed by atoms with E-state index in [0.717, 1.165) is 24.3 Å². The van der Waals surface area contributed by atoms with Crippen LogP contribution in [0.3, 0.4) is 0 Å². The van der Waals surface area contributed by atoms with Crippen LogP contribution in [0.5, 0.6) is 0 Å². The molecular formula is C52H20CuF24N4. The van der Waals surface area contributed by atoms with Crippen molar-refractivity contribution in [3.63, 3.8) is 0 Å². The molecule has 5 heterocycles. The summed E-state index contributed by atoms with van der Waals surface area (Å²) in [6.45, 7) is 0. The van der Waals surface area contributed by atoms with Crippen LogP contribution in [0.25, 0.3) is 88.9 Å². The SMILES string of the molecule is FC(F)(F)C1=C(C(F)(F)F)c2nc1c(-c1ccccc1)c1[n-]c(c(-c3ccccc3)c3nc(c(-c4ccccc4)c4[n-]c(c2-c2ccccc2)c(C(F)(F)F)c4C(F)(F)F)C(C(F)(F)F)=C3C(F)(F)F)c(C(F)(F)F)c1C(F)(F)F.[Cu+2]. The maximum absolute atomic E-state index is 16.0. The molecule has 0 amide bonds. The Hall–Kier alpha value is -7.68. The van der Waals surface area contributed by atoms with Crippen molar-refractivity contribution in [1.82, 2.24) is 19.9 Å². The van der Waals surface area contributed by atoms with Gasteiger partial charge in [0.15, 0.2) is 0 Å². The van der Waals surface area contributed by atoms with Gasteiger partial charge in [-0.05, 0) is 44.5 Å². The molecule has 0 spiro atoms. The van der Waals surface area contributed by atoms with Crippen molar-refractivity contribution in [3.05, 3.63) is 166 Å². The Morgan fingerprint density at radius 3 is 0.531 bits per heavy atom. The Labute approximate surface area is 446 Å². The molecule has 81 heavy (non-hydrogen) atoms. The molecule has 2 aliphatic rings. The summed E-state index contributed by atoms with van der Waals surface area (Å²) in [5.74, 6) is 0. The van der Waals surface area contributed by atoms with Crippen LogP contribution in [0.2, 0.25) is 0 Å². The normalized spacial score (nSPS) is 14.2. The first-order chi connectivity index (χ1) is 36.8. The molecule has 0 saturated heterocycles. The van der Waals surface area contributed by atoms with Gasteiger partial charge in [0, 0.05) is 0 Å². The molecule has 2 aliphatic heterocycles. The first kappa shape index (κ1) is 59.4. The second-order valence-electron chi connectivity index (χ2n) is 17.2. The molecule has 3 aromatic heterocycles. The second kappa shape index (κ2) is 19.8. The molecule has 9 rings (SSSR count). The molecule has 427 valence electrons. The van der Waals surface area contributed by atoms with E-state index in [2.05, 4.69) is 19.9 Å². The molecule has 29 heteroatoms. The third-order valence-corrected chi connectivity index (χ3v) is 12.2. The van der Waals surface area contributed by atoms with Gasteiger partial charge in [0.25, 0.3) is 0 Å². The van der Waals surface area contributed by atoms with Gasteiger partial charge in [-0.1, -0.05) is 121 Å². The molecule has 0 saturated carbocycles. The topological polar surface area (TPSA) is 54.0 Å². The Kier molecular flexibility index (Phi) is 14.5. The van der Waals surface area contributed by atoms with Crippen LogP contribution in [0.15, 0.2) is 121 Å². The molecule has 0 N–H and O–H groups in total. The Morgan fingerprint density at radius 1 is 0.235 bits per heavy atom. The van der Waals surface area contributed by atoms with E-state index in [1.807, 2.05) is 0 Å². The van der Waals surface area contributed by atoms with E-state index in [9.17, 15) is 0 Å². The van der Waals surface area contributed by atoms with E-state index in [0.29, 0.717) is 97.1 Å². The summed E-state index contributed by atoms with van der Waals surface area (Å²) >= 11 is 0. The Bertz CT molecular complexity index is 3340. The maximum atomic E-state index is 16.0. The fourth-order valence-corrected chi connectivity index (χ4v) is 9.46. The summed E-state index contributed by atoms with van der Waals surface area (Å²) < 4.78 is 383. The fourth-order valence-electron chi connectivity index (χ4n) is 9.46. The van der Waals surface area contributed by atoms with Gasteiger partial charge < -0.3 is 9.97 Å². The van der Waals surface area contributed by atoms with Crippen molar-refractivity contribution in [2.75, 3.05) is 0 Å². The second-order valence-corrected chi connectivity index (χ2v) is 17.2. The number of alkyl halides is 24. The molecule has 0 fully saturated rings. The number of nitrogens with zero attached hydrogens (tertiary/aromatic N) is 4. The average Bonchev–Trinajstić information content (AvgIpc) is 4.13. The molecule has 0 aliphatic carbocycles. The number of benzene rings is 4. The van der Waals surface area contributed by atoms with Crippen LogP contribution in [-0.4, -0.2) is 34.7 Å². The minimum atomic E-state index is -6.73. The van der Waals surface area contributed by atoms with Crippen molar-refractivity contribution in [3.8, 4) is 44.5 Å². The van der Waals surface area contributed by atoms with Crippen molar-refractivity contribution >= 4 is 44.4 Å². The smallest absolute Gasteiger partial charge is 0.656 e. The fraction of sp³-hybridized carbons (Fsp3) is 0.154.